The number of alkyl halides is 3. The zero-order valence-corrected chi connectivity index (χ0v) is 7.76. The highest BCUT2D eigenvalue weighted by molar-refractivity contribution is 5.89. The van der Waals surface area contributed by atoms with Gasteiger partial charge >= 0.3 is 6.18 Å². The molecular weight excluding hydrogens is 213 g/mol. The Labute approximate surface area is 82.5 Å². The topological polar surface area (TPSA) is 56.0 Å². The van der Waals surface area contributed by atoms with E-state index in [1.54, 1.807) is 0 Å². The highest BCUT2D eigenvalue weighted by atomic mass is 19.4. The van der Waals surface area contributed by atoms with Gasteiger partial charge in [0.05, 0.1) is 0 Å². The van der Waals surface area contributed by atoms with E-state index in [1.807, 2.05) is 0 Å². The second-order valence-electron chi connectivity index (χ2n) is 3.56. The van der Waals surface area contributed by atoms with E-state index >= 15 is 0 Å². The van der Waals surface area contributed by atoms with Gasteiger partial charge in [-0.25, -0.2) is 0 Å². The molecule has 4 nitrogen and oxygen atoms in total. The van der Waals surface area contributed by atoms with Crippen molar-refractivity contribution in [3.05, 3.63) is 11.7 Å². The lowest BCUT2D eigenvalue weighted by Crippen LogP contribution is -2.29. The molecule has 1 aliphatic carbocycles. The summed E-state index contributed by atoms with van der Waals surface area (Å²) in [4.78, 5) is 14.3. The fourth-order valence-electron chi connectivity index (χ4n) is 1.30. The van der Waals surface area contributed by atoms with E-state index in [1.165, 1.54) is 6.92 Å². The molecule has 1 heterocycles. The second kappa shape index (κ2) is 2.80. The van der Waals surface area contributed by atoms with Crippen LogP contribution in [0.4, 0.5) is 13.2 Å². The number of ketones is 1. The molecule has 0 atom stereocenters. The number of hydrogen-bond acceptors (Lipinski definition) is 4. The minimum Gasteiger partial charge on any atom is -0.338 e. The van der Waals surface area contributed by atoms with Gasteiger partial charge in [0.2, 0.25) is 17.5 Å². The summed E-state index contributed by atoms with van der Waals surface area (Å²) in [7, 11) is 0. The standard InChI is InChI=1S/C8H7F3N2O2/c1-4(14)5-12-6(15-13-5)7(2-3-7)8(9,10)11/h2-3H2,1H3. The Morgan fingerprint density at radius 2 is 2.07 bits per heavy atom. The molecule has 2 rings (SSSR count). The highest BCUT2D eigenvalue weighted by Crippen LogP contribution is 2.58. The maximum atomic E-state index is 12.6. The van der Waals surface area contributed by atoms with Gasteiger partial charge in [-0.05, 0) is 12.8 Å². The number of halogens is 3. The van der Waals surface area contributed by atoms with E-state index in [0.717, 1.165) is 0 Å². The lowest BCUT2D eigenvalue weighted by atomic mass is 10.1. The third-order valence-corrected chi connectivity index (χ3v) is 2.44. The molecule has 7 heteroatoms. The van der Waals surface area contributed by atoms with Crippen molar-refractivity contribution in [3.63, 3.8) is 0 Å². The summed E-state index contributed by atoms with van der Waals surface area (Å²) in [5.74, 6) is -1.32. The molecule has 1 saturated carbocycles. The largest absolute Gasteiger partial charge is 0.403 e. The Balaban J connectivity index is 2.35. The fraction of sp³-hybridized carbons (Fsp3) is 0.625. The monoisotopic (exact) mass is 220 g/mol. The Morgan fingerprint density at radius 3 is 2.40 bits per heavy atom. The van der Waals surface area contributed by atoms with Crippen LogP contribution < -0.4 is 0 Å². The first-order chi connectivity index (χ1) is 6.87. The van der Waals surface area contributed by atoms with Crippen LogP contribution in [-0.2, 0) is 5.41 Å². The van der Waals surface area contributed by atoms with E-state index in [-0.39, 0.29) is 18.7 Å². The highest BCUT2D eigenvalue weighted by Gasteiger charge is 2.68. The van der Waals surface area contributed by atoms with Crippen molar-refractivity contribution in [2.24, 2.45) is 0 Å². The lowest BCUT2D eigenvalue weighted by molar-refractivity contribution is -0.166. The van der Waals surface area contributed by atoms with E-state index < -0.39 is 23.3 Å². The van der Waals surface area contributed by atoms with Crippen LogP contribution in [0.2, 0.25) is 0 Å². The van der Waals surface area contributed by atoms with Crippen LogP contribution in [0.25, 0.3) is 0 Å². The molecule has 1 fully saturated rings. The Hall–Kier alpha value is -1.40. The lowest BCUT2D eigenvalue weighted by Gasteiger charge is -2.13. The van der Waals surface area contributed by atoms with Gasteiger partial charge in [-0.1, -0.05) is 5.16 Å². The molecule has 1 aliphatic rings. The van der Waals surface area contributed by atoms with Crippen molar-refractivity contribution in [3.8, 4) is 0 Å². The zero-order valence-electron chi connectivity index (χ0n) is 7.76. The van der Waals surface area contributed by atoms with Crippen molar-refractivity contribution in [2.75, 3.05) is 0 Å². The summed E-state index contributed by atoms with van der Waals surface area (Å²) in [6.07, 6.45) is -4.51. The molecule has 1 aromatic rings. The van der Waals surface area contributed by atoms with Crippen LogP contribution >= 0.6 is 0 Å². The van der Waals surface area contributed by atoms with Crippen LogP contribution in [0.3, 0.4) is 0 Å². The number of carbonyl (C=O) groups is 1. The van der Waals surface area contributed by atoms with Gasteiger partial charge < -0.3 is 4.52 Å². The molecule has 0 aromatic carbocycles. The van der Waals surface area contributed by atoms with Gasteiger partial charge in [0, 0.05) is 6.92 Å². The number of nitrogens with zero attached hydrogens (tertiary/aromatic N) is 2. The van der Waals surface area contributed by atoms with E-state index in [2.05, 4.69) is 14.7 Å². The van der Waals surface area contributed by atoms with Crippen molar-refractivity contribution >= 4 is 5.78 Å². The quantitative estimate of drug-likeness (QED) is 0.714. The summed E-state index contributed by atoms with van der Waals surface area (Å²) in [6, 6.07) is 0. The van der Waals surface area contributed by atoms with Crippen LogP contribution in [0, 0.1) is 0 Å². The summed E-state index contributed by atoms with van der Waals surface area (Å²) < 4.78 is 42.2. The average Bonchev–Trinajstić information content (AvgIpc) is 2.77. The molecule has 0 radical (unpaired) electrons. The molecular formula is C8H7F3N2O2. The Bertz CT molecular complexity index is 406. The normalized spacial score (nSPS) is 18.9. The van der Waals surface area contributed by atoms with Gasteiger partial charge in [0.1, 0.15) is 5.41 Å². The molecule has 0 bridgehead atoms. The van der Waals surface area contributed by atoms with Gasteiger partial charge in [0.15, 0.2) is 0 Å². The third kappa shape index (κ3) is 1.42. The number of hydrogen-bond donors (Lipinski definition) is 0. The van der Waals surface area contributed by atoms with Gasteiger partial charge in [-0.15, -0.1) is 0 Å². The number of aromatic nitrogens is 2. The van der Waals surface area contributed by atoms with Gasteiger partial charge in [0.25, 0.3) is 0 Å². The maximum Gasteiger partial charge on any atom is 0.403 e. The molecule has 0 unspecified atom stereocenters. The minimum absolute atomic E-state index is 0.0595. The Morgan fingerprint density at radius 1 is 1.47 bits per heavy atom. The molecule has 0 aliphatic heterocycles. The van der Waals surface area contributed by atoms with Crippen LogP contribution in [-0.4, -0.2) is 22.1 Å². The average molecular weight is 220 g/mol. The first-order valence-corrected chi connectivity index (χ1v) is 4.29. The molecule has 0 spiro atoms. The molecule has 82 valence electrons. The van der Waals surface area contributed by atoms with Crippen molar-refractivity contribution in [1.82, 2.24) is 10.1 Å². The zero-order chi connectivity index (χ0) is 11.3. The number of Topliss-reactive ketones (excluding diaryl/α,β-unsaturated/α-hetero) is 1. The van der Waals surface area contributed by atoms with Crippen molar-refractivity contribution in [2.45, 2.75) is 31.4 Å². The fourth-order valence-corrected chi connectivity index (χ4v) is 1.30. The van der Waals surface area contributed by atoms with Crippen LogP contribution in [0.5, 0.6) is 0 Å². The first kappa shape index (κ1) is 10.1. The number of carbonyl (C=O) groups excluding carboxylic acids is 1. The summed E-state index contributed by atoms with van der Waals surface area (Å²) in [5.41, 5.74) is -2.01. The van der Waals surface area contributed by atoms with Crippen LogP contribution in [0.1, 0.15) is 36.3 Å². The van der Waals surface area contributed by atoms with E-state index in [0.29, 0.717) is 0 Å². The maximum absolute atomic E-state index is 12.6. The molecule has 0 N–H and O–H groups in total. The summed E-state index contributed by atoms with van der Waals surface area (Å²) >= 11 is 0. The van der Waals surface area contributed by atoms with E-state index in [9.17, 15) is 18.0 Å². The van der Waals surface area contributed by atoms with Crippen molar-refractivity contribution < 1.29 is 22.5 Å². The molecule has 1 aromatic heterocycles. The second-order valence-corrected chi connectivity index (χ2v) is 3.56. The van der Waals surface area contributed by atoms with Crippen LogP contribution in [0.15, 0.2) is 4.52 Å². The van der Waals surface area contributed by atoms with Gasteiger partial charge in [-0.2, -0.15) is 18.2 Å². The predicted molar refractivity (Wildman–Crippen MR) is 41.3 cm³/mol. The molecule has 15 heavy (non-hydrogen) atoms. The van der Waals surface area contributed by atoms with Gasteiger partial charge in [-0.3, -0.25) is 4.79 Å². The SMILES string of the molecule is CC(=O)c1noc(C2(C(F)(F)F)CC2)n1. The summed E-state index contributed by atoms with van der Waals surface area (Å²) in [6.45, 7) is 1.17. The number of rotatable bonds is 2. The summed E-state index contributed by atoms with van der Waals surface area (Å²) in [5, 5.41) is 3.20. The first-order valence-electron chi connectivity index (χ1n) is 4.29. The predicted octanol–water partition coefficient (Wildman–Crippen LogP) is 1.87. The third-order valence-electron chi connectivity index (χ3n) is 2.44. The Kier molecular flexibility index (Phi) is 1.89. The smallest absolute Gasteiger partial charge is 0.338 e. The minimum atomic E-state index is -4.40. The van der Waals surface area contributed by atoms with Crippen molar-refractivity contribution in [1.29, 1.82) is 0 Å². The van der Waals surface area contributed by atoms with E-state index in [4.69, 9.17) is 0 Å². The molecule has 0 amide bonds. The molecule has 0 saturated heterocycles.